The summed E-state index contributed by atoms with van der Waals surface area (Å²) >= 11 is 6.96. The lowest BCUT2D eigenvalue weighted by molar-refractivity contribution is 0.0400. The quantitative estimate of drug-likeness (QED) is 0.241. The van der Waals surface area contributed by atoms with Gasteiger partial charge in [-0.3, -0.25) is 0 Å². The Labute approximate surface area is 172 Å². The largest absolute Gasteiger partial charge is 0.386 e. The van der Waals surface area contributed by atoms with E-state index in [4.69, 9.17) is 4.74 Å². The molecule has 3 nitrogen and oxygen atoms in total. The van der Waals surface area contributed by atoms with Crippen LogP contribution in [0, 0.1) is 0 Å². The topological polar surface area (TPSA) is 43.4 Å². The average molecular weight is 484 g/mol. The molecule has 0 bridgehead atoms. The van der Waals surface area contributed by atoms with Crippen molar-refractivity contribution < 1.29 is 14.3 Å². The highest BCUT2D eigenvalue weighted by Gasteiger charge is 2.19. The van der Waals surface area contributed by atoms with Crippen molar-refractivity contribution in [3.05, 3.63) is 92.9 Å². The number of hydrogen-bond acceptors (Lipinski definition) is 3. The number of carbonyl (C=O) groups is 2. The van der Waals surface area contributed by atoms with Gasteiger partial charge in [-0.25, -0.2) is 9.59 Å². The second kappa shape index (κ2) is 7.25. The third-order valence-electron chi connectivity index (χ3n) is 4.36. The standard InChI is InChI=1S/C22H12Br2O3/c23-19-11-3-5-13-15(19)7-1-9-17(13)21(25)27-22(26)18-10-2-8-16-14(18)6-4-12-20(16)24/h1-12H. The van der Waals surface area contributed by atoms with Crippen LogP contribution >= 0.6 is 31.9 Å². The Morgan fingerprint density at radius 2 is 0.926 bits per heavy atom. The van der Waals surface area contributed by atoms with Crippen molar-refractivity contribution in [3.8, 4) is 0 Å². The SMILES string of the molecule is O=C(OC(=O)c1cccc2c(Br)cccc12)c1cccc2c(Br)cccc12. The lowest BCUT2D eigenvalue weighted by atomic mass is 10.0. The van der Waals surface area contributed by atoms with Crippen LogP contribution in [0.2, 0.25) is 0 Å². The van der Waals surface area contributed by atoms with Crippen molar-refractivity contribution in [1.82, 2.24) is 0 Å². The minimum Gasteiger partial charge on any atom is -0.386 e. The predicted octanol–water partition coefficient (Wildman–Crippen LogP) is 6.52. The number of rotatable bonds is 2. The van der Waals surface area contributed by atoms with E-state index in [1.165, 1.54) is 0 Å². The molecule has 0 aromatic heterocycles. The molecule has 0 saturated heterocycles. The molecule has 0 saturated carbocycles. The summed E-state index contributed by atoms with van der Waals surface area (Å²) in [7, 11) is 0. The summed E-state index contributed by atoms with van der Waals surface area (Å²) in [5.41, 5.74) is 0.701. The lowest BCUT2D eigenvalue weighted by Gasteiger charge is -2.09. The molecular formula is C22H12Br2O3. The molecule has 0 radical (unpaired) electrons. The maximum absolute atomic E-state index is 12.7. The Morgan fingerprint density at radius 1 is 0.556 bits per heavy atom. The zero-order chi connectivity index (χ0) is 19.0. The van der Waals surface area contributed by atoms with Gasteiger partial charge in [0.2, 0.25) is 0 Å². The van der Waals surface area contributed by atoms with Crippen LogP contribution in [0.15, 0.2) is 81.7 Å². The Kier molecular flexibility index (Phi) is 4.81. The van der Waals surface area contributed by atoms with E-state index in [0.29, 0.717) is 11.1 Å². The van der Waals surface area contributed by atoms with Gasteiger partial charge >= 0.3 is 11.9 Å². The first-order chi connectivity index (χ1) is 13.1. The first-order valence-electron chi connectivity index (χ1n) is 8.17. The number of ether oxygens (including phenoxy) is 1. The van der Waals surface area contributed by atoms with Crippen LogP contribution in [-0.2, 0) is 4.74 Å². The van der Waals surface area contributed by atoms with Gasteiger partial charge in [-0.15, -0.1) is 0 Å². The van der Waals surface area contributed by atoms with Gasteiger partial charge in [-0.1, -0.05) is 80.4 Å². The van der Waals surface area contributed by atoms with Crippen LogP contribution in [0.5, 0.6) is 0 Å². The van der Waals surface area contributed by atoms with E-state index in [2.05, 4.69) is 31.9 Å². The molecule has 4 rings (SSSR count). The number of hydrogen-bond donors (Lipinski definition) is 0. The fourth-order valence-electron chi connectivity index (χ4n) is 3.09. The molecular weight excluding hydrogens is 472 g/mol. The highest BCUT2D eigenvalue weighted by molar-refractivity contribution is 9.11. The molecule has 0 heterocycles. The van der Waals surface area contributed by atoms with Crippen molar-refractivity contribution in [2.75, 3.05) is 0 Å². The molecule has 132 valence electrons. The lowest BCUT2D eigenvalue weighted by Crippen LogP contribution is -2.13. The van der Waals surface area contributed by atoms with Gasteiger partial charge in [0.25, 0.3) is 0 Å². The number of halogens is 2. The Morgan fingerprint density at radius 3 is 1.37 bits per heavy atom. The molecule has 0 fully saturated rings. The number of benzene rings is 4. The van der Waals surface area contributed by atoms with Gasteiger partial charge in [0.05, 0.1) is 11.1 Å². The van der Waals surface area contributed by atoms with E-state index in [-0.39, 0.29) is 0 Å². The van der Waals surface area contributed by atoms with Crippen LogP contribution in [0.1, 0.15) is 20.7 Å². The van der Waals surface area contributed by atoms with Crippen LogP contribution in [-0.4, -0.2) is 11.9 Å². The molecule has 0 amide bonds. The summed E-state index contributed by atoms with van der Waals surface area (Å²) in [4.78, 5) is 25.4. The van der Waals surface area contributed by atoms with Crippen molar-refractivity contribution in [2.24, 2.45) is 0 Å². The van der Waals surface area contributed by atoms with Crippen LogP contribution in [0.25, 0.3) is 21.5 Å². The zero-order valence-electron chi connectivity index (χ0n) is 13.9. The monoisotopic (exact) mass is 482 g/mol. The van der Waals surface area contributed by atoms with E-state index in [1.54, 1.807) is 24.3 Å². The van der Waals surface area contributed by atoms with Crippen LogP contribution < -0.4 is 0 Å². The predicted molar refractivity (Wildman–Crippen MR) is 113 cm³/mol. The fraction of sp³-hybridized carbons (Fsp3) is 0. The normalized spacial score (nSPS) is 10.9. The molecule has 0 spiro atoms. The molecule has 27 heavy (non-hydrogen) atoms. The molecule has 5 heteroatoms. The summed E-state index contributed by atoms with van der Waals surface area (Å²) in [6, 6.07) is 21.8. The van der Waals surface area contributed by atoms with Gasteiger partial charge in [-0.05, 0) is 45.8 Å². The molecule has 0 unspecified atom stereocenters. The first kappa shape index (κ1) is 17.9. The third kappa shape index (κ3) is 3.29. The molecule has 0 aliphatic rings. The van der Waals surface area contributed by atoms with Crippen LogP contribution in [0.3, 0.4) is 0 Å². The van der Waals surface area contributed by atoms with Crippen molar-refractivity contribution in [1.29, 1.82) is 0 Å². The second-order valence-electron chi connectivity index (χ2n) is 5.96. The highest BCUT2D eigenvalue weighted by Crippen LogP contribution is 2.29. The van der Waals surface area contributed by atoms with Gasteiger partial charge in [0.15, 0.2) is 0 Å². The van der Waals surface area contributed by atoms with Crippen molar-refractivity contribution in [2.45, 2.75) is 0 Å². The summed E-state index contributed by atoms with van der Waals surface area (Å²) in [6.45, 7) is 0. The van der Waals surface area contributed by atoms with Crippen LogP contribution in [0.4, 0.5) is 0 Å². The highest BCUT2D eigenvalue weighted by atomic mass is 79.9. The Bertz CT molecular complexity index is 1120. The summed E-state index contributed by atoms with van der Waals surface area (Å²) in [6.07, 6.45) is 0. The van der Waals surface area contributed by atoms with E-state index in [0.717, 1.165) is 30.5 Å². The maximum Gasteiger partial charge on any atom is 0.346 e. The smallest absolute Gasteiger partial charge is 0.346 e. The van der Waals surface area contributed by atoms with Gasteiger partial charge in [-0.2, -0.15) is 0 Å². The molecule has 4 aromatic carbocycles. The minimum absolute atomic E-state index is 0.351. The Hall–Kier alpha value is -2.50. The second-order valence-corrected chi connectivity index (χ2v) is 7.67. The molecule has 0 aliphatic heterocycles. The molecule has 0 N–H and O–H groups in total. The van der Waals surface area contributed by atoms with E-state index >= 15 is 0 Å². The summed E-state index contributed by atoms with van der Waals surface area (Å²) in [5.74, 6) is -1.34. The number of esters is 2. The van der Waals surface area contributed by atoms with E-state index in [1.807, 2.05) is 48.5 Å². The van der Waals surface area contributed by atoms with E-state index < -0.39 is 11.9 Å². The number of carbonyl (C=O) groups excluding carboxylic acids is 2. The molecule has 4 aromatic rings. The van der Waals surface area contributed by atoms with Crippen molar-refractivity contribution >= 4 is 65.3 Å². The molecule has 0 atom stereocenters. The fourth-order valence-corrected chi connectivity index (χ4v) is 4.09. The van der Waals surface area contributed by atoms with E-state index in [9.17, 15) is 9.59 Å². The van der Waals surface area contributed by atoms with Gasteiger partial charge in [0.1, 0.15) is 0 Å². The maximum atomic E-state index is 12.7. The van der Waals surface area contributed by atoms with Crippen molar-refractivity contribution in [3.63, 3.8) is 0 Å². The summed E-state index contributed by atoms with van der Waals surface area (Å²) < 4.78 is 6.96. The third-order valence-corrected chi connectivity index (χ3v) is 5.75. The molecule has 0 aliphatic carbocycles. The van der Waals surface area contributed by atoms with Gasteiger partial charge in [0, 0.05) is 8.95 Å². The summed E-state index contributed by atoms with van der Waals surface area (Å²) in [5, 5.41) is 3.22. The van der Waals surface area contributed by atoms with Gasteiger partial charge < -0.3 is 4.74 Å². The zero-order valence-corrected chi connectivity index (χ0v) is 17.1. The minimum atomic E-state index is -0.671. The average Bonchev–Trinajstić information content (AvgIpc) is 2.68. The first-order valence-corrected chi connectivity index (χ1v) is 9.76. The Balaban J connectivity index is 1.72. The number of fused-ring (bicyclic) bond motifs is 2.